The zero-order valence-corrected chi connectivity index (χ0v) is 7.92. The van der Waals surface area contributed by atoms with E-state index in [0.29, 0.717) is 6.54 Å². The Morgan fingerprint density at radius 2 is 2.20 bits per heavy atom. The third kappa shape index (κ3) is 3.75. The van der Waals surface area contributed by atoms with Crippen molar-refractivity contribution in [2.24, 2.45) is 10.7 Å². The van der Waals surface area contributed by atoms with Gasteiger partial charge >= 0.3 is 6.18 Å². The van der Waals surface area contributed by atoms with Gasteiger partial charge in [-0.3, -0.25) is 0 Å². The van der Waals surface area contributed by atoms with E-state index in [1.54, 1.807) is 0 Å². The zero-order chi connectivity index (χ0) is 11.3. The molecule has 1 heterocycles. The second kappa shape index (κ2) is 4.97. The van der Waals surface area contributed by atoms with Crippen LogP contribution in [0.15, 0.2) is 28.9 Å². The zero-order valence-electron chi connectivity index (χ0n) is 7.92. The van der Waals surface area contributed by atoms with E-state index in [0.717, 1.165) is 6.20 Å². The fourth-order valence-electron chi connectivity index (χ4n) is 0.962. The molecule has 0 aromatic rings. The van der Waals surface area contributed by atoms with E-state index in [1.807, 2.05) is 0 Å². The fraction of sp³-hybridized carbons (Fsp3) is 0.444. The molecule has 0 saturated carbocycles. The van der Waals surface area contributed by atoms with Gasteiger partial charge in [0.05, 0.1) is 5.57 Å². The molecule has 0 fully saturated rings. The molecule has 0 aromatic carbocycles. The second-order valence-electron chi connectivity index (χ2n) is 2.86. The highest BCUT2D eigenvalue weighted by atomic mass is 19.4. The number of alkyl halides is 3. The molecule has 0 radical (unpaired) electrons. The van der Waals surface area contributed by atoms with Gasteiger partial charge in [0.2, 0.25) is 5.90 Å². The van der Waals surface area contributed by atoms with E-state index in [1.165, 1.54) is 12.2 Å². The van der Waals surface area contributed by atoms with Crippen LogP contribution in [0.2, 0.25) is 0 Å². The molecule has 0 saturated heterocycles. The van der Waals surface area contributed by atoms with Gasteiger partial charge in [-0.05, 0) is 12.5 Å². The molecule has 6 heteroatoms. The number of nitrogens with two attached hydrogens (primary N) is 1. The second-order valence-corrected chi connectivity index (χ2v) is 2.86. The number of ether oxygens (including phenoxy) is 1. The molecule has 0 spiro atoms. The van der Waals surface area contributed by atoms with Gasteiger partial charge in [0, 0.05) is 12.7 Å². The number of halogens is 3. The summed E-state index contributed by atoms with van der Waals surface area (Å²) in [5, 5.41) is 0. The molecule has 0 atom stereocenters. The summed E-state index contributed by atoms with van der Waals surface area (Å²) in [6.07, 6.45) is -0.974. The normalized spacial score (nSPS) is 16.8. The minimum Gasteiger partial charge on any atom is -0.476 e. The molecule has 0 unspecified atom stereocenters. The van der Waals surface area contributed by atoms with Crippen LogP contribution in [0.3, 0.4) is 0 Å². The monoisotopic (exact) mass is 220 g/mol. The minimum atomic E-state index is -4.34. The van der Waals surface area contributed by atoms with Crippen molar-refractivity contribution in [1.82, 2.24) is 0 Å². The van der Waals surface area contributed by atoms with Gasteiger partial charge in [0.25, 0.3) is 0 Å². The van der Waals surface area contributed by atoms with Crippen LogP contribution in [0.4, 0.5) is 13.2 Å². The molecule has 0 bridgehead atoms. The smallest absolute Gasteiger partial charge is 0.414 e. The molecule has 0 amide bonds. The Bertz CT molecular complexity index is 305. The molecule has 1 aliphatic rings. The quantitative estimate of drug-likeness (QED) is 0.770. The summed E-state index contributed by atoms with van der Waals surface area (Å²) in [7, 11) is 0. The maximum Gasteiger partial charge on any atom is 0.414 e. The van der Waals surface area contributed by atoms with Gasteiger partial charge in [-0.2, -0.15) is 13.2 Å². The summed E-state index contributed by atoms with van der Waals surface area (Å²) in [5.74, 6) is 0.153. The van der Waals surface area contributed by atoms with Gasteiger partial charge in [-0.1, -0.05) is 6.08 Å². The lowest BCUT2D eigenvalue weighted by atomic mass is 10.2. The van der Waals surface area contributed by atoms with Crippen molar-refractivity contribution in [2.75, 3.05) is 13.2 Å². The number of nitrogens with zero attached hydrogens (tertiary/aromatic N) is 1. The highest BCUT2D eigenvalue weighted by Crippen LogP contribution is 2.29. The third-order valence-electron chi connectivity index (χ3n) is 1.68. The van der Waals surface area contributed by atoms with Crippen LogP contribution in [0.25, 0.3) is 0 Å². The summed E-state index contributed by atoms with van der Waals surface area (Å²) < 4.78 is 41.8. The van der Waals surface area contributed by atoms with Crippen LogP contribution in [-0.2, 0) is 4.74 Å². The Morgan fingerprint density at radius 1 is 1.47 bits per heavy atom. The van der Waals surface area contributed by atoms with Crippen molar-refractivity contribution >= 4 is 5.90 Å². The van der Waals surface area contributed by atoms with E-state index < -0.39 is 11.7 Å². The first-order chi connectivity index (χ1) is 7.04. The highest BCUT2D eigenvalue weighted by molar-refractivity contribution is 5.88. The Morgan fingerprint density at radius 3 is 2.80 bits per heavy atom. The molecular formula is C9H11F3N2O. The molecular weight excluding hydrogens is 209 g/mol. The van der Waals surface area contributed by atoms with Crippen LogP contribution >= 0.6 is 0 Å². The van der Waals surface area contributed by atoms with Gasteiger partial charge in [0.1, 0.15) is 6.61 Å². The van der Waals surface area contributed by atoms with E-state index in [4.69, 9.17) is 10.5 Å². The SMILES string of the molecule is NCCOC1=NC=C(C(F)(F)F)CC=C1. The minimum absolute atomic E-state index is 0.153. The molecule has 2 N–H and O–H groups in total. The van der Waals surface area contributed by atoms with Gasteiger partial charge in [-0.25, -0.2) is 4.99 Å². The molecule has 1 rings (SSSR count). The van der Waals surface area contributed by atoms with Crippen LogP contribution in [-0.4, -0.2) is 25.2 Å². The van der Waals surface area contributed by atoms with E-state index >= 15 is 0 Å². The van der Waals surface area contributed by atoms with Crippen molar-refractivity contribution in [3.05, 3.63) is 23.9 Å². The molecule has 3 nitrogen and oxygen atoms in total. The Kier molecular flexibility index (Phi) is 3.90. The first-order valence-electron chi connectivity index (χ1n) is 4.37. The Hall–Kier alpha value is -1.30. The number of allylic oxidation sites excluding steroid dienone is 2. The highest BCUT2D eigenvalue weighted by Gasteiger charge is 2.33. The van der Waals surface area contributed by atoms with Gasteiger partial charge in [-0.15, -0.1) is 0 Å². The third-order valence-corrected chi connectivity index (χ3v) is 1.68. The Balaban J connectivity index is 2.71. The maximum absolute atomic E-state index is 12.3. The van der Waals surface area contributed by atoms with Crippen LogP contribution < -0.4 is 5.73 Å². The van der Waals surface area contributed by atoms with Crippen molar-refractivity contribution in [1.29, 1.82) is 0 Å². The summed E-state index contributed by atoms with van der Waals surface area (Å²) in [4.78, 5) is 3.58. The lowest BCUT2D eigenvalue weighted by Crippen LogP contribution is -2.11. The molecule has 84 valence electrons. The van der Waals surface area contributed by atoms with Crippen LogP contribution in [0.1, 0.15) is 6.42 Å². The largest absolute Gasteiger partial charge is 0.476 e. The van der Waals surface area contributed by atoms with E-state index in [2.05, 4.69) is 4.99 Å². The van der Waals surface area contributed by atoms with Gasteiger partial charge < -0.3 is 10.5 Å². The topological polar surface area (TPSA) is 47.6 Å². The lowest BCUT2D eigenvalue weighted by Gasteiger charge is -2.06. The summed E-state index contributed by atoms with van der Waals surface area (Å²) in [5.41, 5.74) is 4.49. The Labute approximate surface area is 85.1 Å². The summed E-state index contributed by atoms with van der Waals surface area (Å²) in [6, 6.07) is 0. The molecule has 0 aromatic heterocycles. The predicted octanol–water partition coefficient (Wildman–Crippen LogP) is 1.77. The molecule has 15 heavy (non-hydrogen) atoms. The van der Waals surface area contributed by atoms with E-state index in [9.17, 15) is 13.2 Å². The first-order valence-corrected chi connectivity index (χ1v) is 4.37. The maximum atomic E-state index is 12.3. The predicted molar refractivity (Wildman–Crippen MR) is 50.3 cm³/mol. The van der Waals surface area contributed by atoms with Crippen molar-refractivity contribution in [3.63, 3.8) is 0 Å². The fourth-order valence-corrected chi connectivity index (χ4v) is 0.962. The molecule has 0 aliphatic carbocycles. The first kappa shape index (κ1) is 11.8. The van der Waals surface area contributed by atoms with Crippen molar-refractivity contribution in [2.45, 2.75) is 12.6 Å². The number of aliphatic imine (C=N–C) groups is 1. The lowest BCUT2D eigenvalue weighted by molar-refractivity contribution is -0.0930. The molecule has 1 aliphatic heterocycles. The van der Waals surface area contributed by atoms with Crippen LogP contribution in [0.5, 0.6) is 0 Å². The van der Waals surface area contributed by atoms with Gasteiger partial charge in [0.15, 0.2) is 0 Å². The summed E-state index contributed by atoms with van der Waals surface area (Å²) in [6.45, 7) is 0.529. The number of rotatable bonds is 2. The van der Waals surface area contributed by atoms with E-state index in [-0.39, 0.29) is 18.9 Å². The standard InChI is InChI=1S/C9H11F3N2O/c10-9(11,12)7-2-1-3-8(14-6-7)15-5-4-13/h1,3,6H,2,4-5,13H2. The number of hydrogen-bond donors (Lipinski definition) is 1. The van der Waals surface area contributed by atoms with Crippen molar-refractivity contribution < 1.29 is 17.9 Å². The average Bonchev–Trinajstić information content (AvgIpc) is 2.38. The average molecular weight is 220 g/mol. The van der Waals surface area contributed by atoms with Crippen LogP contribution in [0, 0.1) is 0 Å². The number of hydrogen-bond acceptors (Lipinski definition) is 3. The van der Waals surface area contributed by atoms with Crippen molar-refractivity contribution in [3.8, 4) is 0 Å². The summed E-state index contributed by atoms with van der Waals surface area (Å²) >= 11 is 0.